The molecule has 0 aliphatic carbocycles. The zero-order valence-corrected chi connectivity index (χ0v) is 12.0. The van der Waals surface area contributed by atoms with Crippen LogP contribution in [0.5, 0.6) is 0 Å². The summed E-state index contributed by atoms with van der Waals surface area (Å²) < 4.78 is 0. The maximum atomic E-state index is 4.40. The molecule has 2 rings (SSSR count). The molecule has 1 aromatic heterocycles. The van der Waals surface area contributed by atoms with Gasteiger partial charge in [0.25, 0.3) is 0 Å². The quantitative estimate of drug-likeness (QED) is 0.883. The van der Waals surface area contributed by atoms with Gasteiger partial charge in [-0.05, 0) is 35.7 Å². The summed E-state index contributed by atoms with van der Waals surface area (Å²) in [4.78, 5) is 4.40. The lowest BCUT2D eigenvalue weighted by molar-refractivity contribution is 0.588. The van der Waals surface area contributed by atoms with Crippen molar-refractivity contribution in [2.24, 2.45) is 0 Å². The van der Waals surface area contributed by atoms with Gasteiger partial charge in [-0.1, -0.05) is 38.1 Å². The van der Waals surface area contributed by atoms with E-state index >= 15 is 0 Å². The maximum Gasteiger partial charge on any atom is 0.0447 e. The van der Waals surface area contributed by atoms with E-state index in [2.05, 4.69) is 55.3 Å². The average molecular weight is 254 g/mol. The molecule has 1 N–H and O–H groups in total. The van der Waals surface area contributed by atoms with E-state index < -0.39 is 0 Å². The Morgan fingerprint density at radius 1 is 1.16 bits per heavy atom. The van der Waals surface area contributed by atoms with Crippen molar-refractivity contribution < 1.29 is 0 Å². The number of rotatable bonds is 5. The van der Waals surface area contributed by atoms with Gasteiger partial charge in [0.15, 0.2) is 0 Å². The normalized spacial score (nSPS) is 10.9. The molecule has 0 fully saturated rings. The van der Waals surface area contributed by atoms with Crippen LogP contribution in [0, 0.1) is 6.92 Å². The van der Waals surface area contributed by atoms with E-state index in [0.717, 1.165) is 18.7 Å². The minimum atomic E-state index is 0.514. The largest absolute Gasteiger partial charge is 0.310 e. The third-order valence-corrected chi connectivity index (χ3v) is 3.23. The molecule has 0 amide bonds. The predicted octanol–water partition coefficient (Wildman–Crippen LogP) is 3.48. The second-order valence-corrected chi connectivity index (χ2v) is 5.29. The molecule has 0 radical (unpaired) electrons. The second kappa shape index (κ2) is 6.48. The molecule has 0 aliphatic rings. The Bertz CT molecular complexity index is 518. The lowest BCUT2D eigenvalue weighted by Gasteiger charge is -2.11. The van der Waals surface area contributed by atoms with Gasteiger partial charge in [-0.2, -0.15) is 0 Å². The minimum absolute atomic E-state index is 0.514. The van der Waals surface area contributed by atoms with E-state index in [1.54, 1.807) is 0 Å². The Kier molecular flexibility index (Phi) is 4.69. The second-order valence-electron chi connectivity index (χ2n) is 5.29. The number of aromatic nitrogens is 1. The van der Waals surface area contributed by atoms with Crippen LogP contribution in [0.3, 0.4) is 0 Å². The van der Waals surface area contributed by atoms with Crippen molar-refractivity contribution in [2.75, 3.05) is 0 Å². The first-order valence-corrected chi connectivity index (χ1v) is 6.87. The molecule has 2 nitrogen and oxygen atoms in total. The van der Waals surface area contributed by atoms with Gasteiger partial charge in [0.2, 0.25) is 0 Å². The van der Waals surface area contributed by atoms with Crippen molar-refractivity contribution in [3.05, 3.63) is 65.0 Å². The number of pyridine rings is 1. The van der Waals surface area contributed by atoms with Crippen LogP contribution in [0.4, 0.5) is 0 Å². The molecule has 0 spiro atoms. The first-order chi connectivity index (χ1) is 9.15. The van der Waals surface area contributed by atoms with Crippen molar-refractivity contribution in [2.45, 2.75) is 39.8 Å². The van der Waals surface area contributed by atoms with Gasteiger partial charge in [0.1, 0.15) is 0 Å². The number of hydrogen-bond acceptors (Lipinski definition) is 2. The minimum Gasteiger partial charge on any atom is -0.310 e. The number of aryl methyl sites for hydroxylation is 1. The zero-order valence-electron chi connectivity index (χ0n) is 12.0. The van der Waals surface area contributed by atoms with E-state index in [9.17, 15) is 0 Å². The van der Waals surface area contributed by atoms with E-state index in [1.165, 1.54) is 16.7 Å². The van der Waals surface area contributed by atoms with Gasteiger partial charge in [-0.25, -0.2) is 0 Å². The highest BCUT2D eigenvalue weighted by Crippen LogP contribution is 2.15. The fourth-order valence-electron chi connectivity index (χ4n) is 2.05. The Hall–Kier alpha value is -1.67. The summed E-state index contributed by atoms with van der Waals surface area (Å²) in [7, 11) is 0. The summed E-state index contributed by atoms with van der Waals surface area (Å²) in [5.41, 5.74) is 5.16. The molecule has 2 heteroatoms. The van der Waals surface area contributed by atoms with Crippen LogP contribution in [-0.2, 0) is 13.0 Å². The molecule has 19 heavy (non-hydrogen) atoms. The average Bonchev–Trinajstić information content (AvgIpc) is 2.41. The van der Waals surface area contributed by atoms with Crippen molar-refractivity contribution in [3.8, 4) is 0 Å². The molecule has 0 bridgehead atoms. The summed E-state index contributed by atoms with van der Waals surface area (Å²) in [5.74, 6) is 0. The van der Waals surface area contributed by atoms with Crippen LogP contribution in [0.1, 0.15) is 36.2 Å². The maximum absolute atomic E-state index is 4.40. The Morgan fingerprint density at radius 3 is 2.68 bits per heavy atom. The fraction of sp³-hybridized carbons (Fsp3) is 0.353. The first kappa shape index (κ1) is 13.8. The summed E-state index contributed by atoms with van der Waals surface area (Å²) in [6.45, 7) is 7.43. The third-order valence-electron chi connectivity index (χ3n) is 3.23. The van der Waals surface area contributed by atoms with Gasteiger partial charge < -0.3 is 5.32 Å². The van der Waals surface area contributed by atoms with Gasteiger partial charge in [0, 0.05) is 30.9 Å². The zero-order chi connectivity index (χ0) is 13.7. The molecule has 0 unspecified atom stereocenters. The summed E-state index contributed by atoms with van der Waals surface area (Å²) >= 11 is 0. The Morgan fingerprint density at radius 2 is 2.00 bits per heavy atom. The number of nitrogens with zero attached hydrogens (tertiary/aromatic N) is 1. The molecule has 2 aromatic rings. The highest BCUT2D eigenvalue weighted by molar-refractivity contribution is 5.34. The molecular weight excluding hydrogens is 232 g/mol. The summed E-state index contributed by atoms with van der Waals surface area (Å²) in [5, 5.41) is 3.46. The topological polar surface area (TPSA) is 24.9 Å². The monoisotopic (exact) mass is 254 g/mol. The predicted molar refractivity (Wildman–Crippen MR) is 80.2 cm³/mol. The molecule has 0 atom stereocenters. The highest BCUT2D eigenvalue weighted by atomic mass is 14.9. The molecule has 100 valence electrons. The van der Waals surface area contributed by atoms with Gasteiger partial charge in [-0.3, -0.25) is 4.98 Å². The van der Waals surface area contributed by atoms with Crippen molar-refractivity contribution in [1.82, 2.24) is 10.3 Å². The fourth-order valence-corrected chi connectivity index (χ4v) is 2.05. The summed E-state index contributed by atoms with van der Waals surface area (Å²) in [6, 6.07) is 13.3. The van der Waals surface area contributed by atoms with E-state index in [0.29, 0.717) is 6.04 Å². The number of nitrogens with one attached hydrogen (secondary N) is 1. The lowest BCUT2D eigenvalue weighted by atomic mass is 10.0. The molecular formula is C17H22N2. The highest BCUT2D eigenvalue weighted by Gasteiger charge is 2.03. The first-order valence-electron chi connectivity index (χ1n) is 6.87. The van der Waals surface area contributed by atoms with Gasteiger partial charge >= 0.3 is 0 Å². The van der Waals surface area contributed by atoms with Crippen molar-refractivity contribution in [1.29, 1.82) is 0 Å². The van der Waals surface area contributed by atoms with E-state index in [4.69, 9.17) is 0 Å². The van der Waals surface area contributed by atoms with Gasteiger partial charge in [-0.15, -0.1) is 0 Å². The number of benzene rings is 1. The Labute approximate surface area is 115 Å². The van der Waals surface area contributed by atoms with Crippen molar-refractivity contribution >= 4 is 0 Å². The molecule has 0 saturated heterocycles. The van der Waals surface area contributed by atoms with Crippen LogP contribution in [0.15, 0.2) is 42.6 Å². The van der Waals surface area contributed by atoms with Crippen LogP contribution >= 0.6 is 0 Å². The van der Waals surface area contributed by atoms with E-state index in [-0.39, 0.29) is 0 Å². The molecule has 1 aromatic carbocycles. The Balaban J connectivity index is 2.13. The van der Waals surface area contributed by atoms with Crippen LogP contribution in [-0.4, -0.2) is 11.0 Å². The number of hydrogen-bond donors (Lipinski definition) is 1. The molecule has 0 saturated carbocycles. The summed E-state index contributed by atoms with van der Waals surface area (Å²) in [6.07, 6.45) is 2.76. The lowest BCUT2D eigenvalue weighted by Crippen LogP contribution is -2.21. The molecule has 1 heterocycles. The van der Waals surface area contributed by atoms with Crippen LogP contribution in [0.2, 0.25) is 0 Å². The van der Waals surface area contributed by atoms with Crippen LogP contribution in [0.25, 0.3) is 0 Å². The SMILES string of the molecule is Cc1ccc(CNC(C)C)cc1Cc1ccccn1. The van der Waals surface area contributed by atoms with Crippen molar-refractivity contribution in [3.63, 3.8) is 0 Å². The smallest absolute Gasteiger partial charge is 0.0447 e. The standard InChI is InChI=1S/C17H22N2/c1-13(2)19-12-15-8-7-14(3)16(10-15)11-17-6-4-5-9-18-17/h4-10,13,19H,11-12H2,1-3H3. The molecule has 0 aliphatic heterocycles. The van der Waals surface area contributed by atoms with Crippen LogP contribution < -0.4 is 5.32 Å². The third kappa shape index (κ3) is 4.18. The van der Waals surface area contributed by atoms with Gasteiger partial charge in [0.05, 0.1) is 0 Å². The van der Waals surface area contributed by atoms with E-state index in [1.807, 2.05) is 18.3 Å².